The van der Waals surface area contributed by atoms with E-state index >= 15 is 0 Å². The SMILES string of the molecule is CC(C)CONC(=O)C1CC12CCNCC2. The molecule has 1 atom stereocenters. The van der Waals surface area contributed by atoms with E-state index in [1.807, 2.05) is 0 Å². The van der Waals surface area contributed by atoms with Crippen LogP contribution in [0.3, 0.4) is 0 Å². The highest BCUT2D eigenvalue weighted by molar-refractivity contribution is 5.81. The highest BCUT2D eigenvalue weighted by atomic mass is 16.7. The number of hydrogen-bond donors (Lipinski definition) is 2. The van der Waals surface area contributed by atoms with Crippen molar-refractivity contribution in [2.45, 2.75) is 33.1 Å². The van der Waals surface area contributed by atoms with E-state index in [1.54, 1.807) is 0 Å². The van der Waals surface area contributed by atoms with Gasteiger partial charge in [-0.05, 0) is 43.7 Å². The van der Waals surface area contributed by atoms with Crippen molar-refractivity contribution in [1.82, 2.24) is 10.8 Å². The molecule has 4 nitrogen and oxygen atoms in total. The summed E-state index contributed by atoms with van der Waals surface area (Å²) in [6.07, 6.45) is 3.32. The second-order valence-corrected chi connectivity index (χ2v) is 5.54. The van der Waals surface area contributed by atoms with Gasteiger partial charge in [-0.1, -0.05) is 13.8 Å². The second-order valence-electron chi connectivity index (χ2n) is 5.54. The highest BCUT2D eigenvalue weighted by Gasteiger charge is 2.57. The third-order valence-electron chi connectivity index (χ3n) is 3.69. The third kappa shape index (κ3) is 2.55. The molecule has 2 rings (SSSR count). The monoisotopic (exact) mass is 226 g/mol. The molecule has 2 fully saturated rings. The van der Waals surface area contributed by atoms with Crippen LogP contribution in [0.5, 0.6) is 0 Å². The summed E-state index contributed by atoms with van der Waals surface area (Å²) in [5.74, 6) is 0.733. The molecule has 1 heterocycles. The Labute approximate surface area is 97.1 Å². The van der Waals surface area contributed by atoms with Gasteiger partial charge in [0.05, 0.1) is 6.61 Å². The largest absolute Gasteiger partial charge is 0.317 e. The number of nitrogens with one attached hydrogen (secondary N) is 2. The number of hydrogen-bond acceptors (Lipinski definition) is 3. The maximum absolute atomic E-state index is 11.8. The predicted octanol–water partition coefficient (Wildman–Crippen LogP) is 1.08. The maximum Gasteiger partial charge on any atom is 0.247 e. The molecule has 92 valence electrons. The van der Waals surface area contributed by atoms with E-state index in [0.717, 1.165) is 32.4 Å². The van der Waals surface area contributed by atoms with Crippen LogP contribution in [0.15, 0.2) is 0 Å². The lowest BCUT2D eigenvalue weighted by atomic mass is 9.92. The fourth-order valence-corrected chi connectivity index (χ4v) is 2.55. The molecule has 2 N–H and O–H groups in total. The fourth-order valence-electron chi connectivity index (χ4n) is 2.55. The van der Waals surface area contributed by atoms with E-state index < -0.39 is 0 Å². The van der Waals surface area contributed by atoms with Crippen molar-refractivity contribution >= 4 is 5.91 Å². The van der Waals surface area contributed by atoms with Crippen molar-refractivity contribution in [3.05, 3.63) is 0 Å². The van der Waals surface area contributed by atoms with Crippen molar-refractivity contribution in [1.29, 1.82) is 0 Å². The summed E-state index contributed by atoms with van der Waals surface area (Å²) >= 11 is 0. The smallest absolute Gasteiger partial charge is 0.247 e. The molecule has 1 unspecified atom stereocenters. The summed E-state index contributed by atoms with van der Waals surface area (Å²) in [5.41, 5.74) is 2.89. The lowest BCUT2D eigenvalue weighted by Gasteiger charge is -2.23. The standard InChI is InChI=1S/C12H22N2O2/c1-9(2)8-16-14-11(15)10-7-12(10)3-5-13-6-4-12/h9-10,13H,3-8H2,1-2H3,(H,14,15). The number of rotatable bonds is 4. The number of carbonyl (C=O) groups excluding carboxylic acids is 1. The predicted molar refractivity (Wildman–Crippen MR) is 61.6 cm³/mol. The number of carbonyl (C=O) groups is 1. The van der Waals surface area contributed by atoms with Crippen molar-refractivity contribution in [3.63, 3.8) is 0 Å². The van der Waals surface area contributed by atoms with E-state index in [9.17, 15) is 4.79 Å². The van der Waals surface area contributed by atoms with Crippen LogP contribution in [0.25, 0.3) is 0 Å². The molecule has 1 saturated carbocycles. The fraction of sp³-hybridized carbons (Fsp3) is 0.917. The van der Waals surface area contributed by atoms with Crippen molar-refractivity contribution < 1.29 is 9.63 Å². The number of hydroxylamine groups is 1. The molecular weight excluding hydrogens is 204 g/mol. The van der Waals surface area contributed by atoms with Crippen molar-refractivity contribution in [2.75, 3.05) is 19.7 Å². The molecule has 2 aliphatic rings. The van der Waals surface area contributed by atoms with Gasteiger partial charge in [0.25, 0.3) is 0 Å². The lowest BCUT2D eigenvalue weighted by molar-refractivity contribution is -0.136. The molecule has 0 aromatic rings. The first-order chi connectivity index (χ1) is 7.64. The van der Waals surface area contributed by atoms with E-state index in [0.29, 0.717) is 17.9 Å². The van der Waals surface area contributed by atoms with Crippen LogP contribution in [0.4, 0.5) is 0 Å². The highest BCUT2D eigenvalue weighted by Crippen LogP contribution is 2.58. The zero-order valence-corrected chi connectivity index (χ0v) is 10.2. The van der Waals surface area contributed by atoms with Gasteiger partial charge in [-0.2, -0.15) is 0 Å². The van der Waals surface area contributed by atoms with Gasteiger partial charge in [-0.15, -0.1) is 0 Å². The third-order valence-corrected chi connectivity index (χ3v) is 3.69. The summed E-state index contributed by atoms with van der Waals surface area (Å²) in [6.45, 7) is 6.83. The van der Waals surface area contributed by atoms with Crippen LogP contribution < -0.4 is 10.8 Å². The lowest BCUT2D eigenvalue weighted by Crippen LogP contribution is -2.34. The zero-order valence-electron chi connectivity index (χ0n) is 10.2. The molecular formula is C12H22N2O2. The summed E-state index contributed by atoms with van der Waals surface area (Å²) in [4.78, 5) is 17.0. The normalized spacial score (nSPS) is 27.1. The van der Waals surface area contributed by atoms with Gasteiger partial charge in [0.15, 0.2) is 0 Å². The van der Waals surface area contributed by atoms with E-state index in [4.69, 9.17) is 4.84 Å². The first-order valence-electron chi connectivity index (χ1n) is 6.26. The molecule has 0 bridgehead atoms. The minimum Gasteiger partial charge on any atom is -0.317 e. The topological polar surface area (TPSA) is 50.4 Å². The number of amides is 1. The van der Waals surface area contributed by atoms with Crippen LogP contribution >= 0.6 is 0 Å². The summed E-state index contributed by atoms with van der Waals surface area (Å²) in [6, 6.07) is 0. The van der Waals surface area contributed by atoms with Gasteiger partial charge < -0.3 is 5.32 Å². The van der Waals surface area contributed by atoms with Gasteiger partial charge in [-0.25, -0.2) is 5.48 Å². The maximum atomic E-state index is 11.8. The molecule has 4 heteroatoms. The molecule has 16 heavy (non-hydrogen) atoms. The Morgan fingerprint density at radius 2 is 2.19 bits per heavy atom. The van der Waals surface area contributed by atoms with Gasteiger partial charge in [0.1, 0.15) is 0 Å². The van der Waals surface area contributed by atoms with Gasteiger partial charge in [0, 0.05) is 5.92 Å². The minimum atomic E-state index is 0.0857. The zero-order chi connectivity index (χ0) is 11.6. The first kappa shape index (κ1) is 11.9. The number of piperidine rings is 1. The van der Waals surface area contributed by atoms with Crippen LogP contribution in [-0.2, 0) is 9.63 Å². The molecule has 1 aliphatic carbocycles. The van der Waals surface area contributed by atoms with E-state index in [-0.39, 0.29) is 11.8 Å². The molecule has 1 spiro atoms. The Bertz CT molecular complexity index is 260. The molecule has 1 amide bonds. The van der Waals surface area contributed by atoms with Gasteiger partial charge in [-0.3, -0.25) is 9.63 Å². The molecule has 1 saturated heterocycles. The Kier molecular flexibility index (Phi) is 3.50. The Morgan fingerprint density at radius 3 is 2.81 bits per heavy atom. The Morgan fingerprint density at radius 1 is 1.50 bits per heavy atom. The van der Waals surface area contributed by atoms with E-state index in [1.165, 1.54) is 0 Å². The Hall–Kier alpha value is -0.610. The van der Waals surface area contributed by atoms with Gasteiger partial charge >= 0.3 is 0 Å². The minimum absolute atomic E-state index is 0.0857. The quantitative estimate of drug-likeness (QED) is 0.705. The van der Waals surface area contributed by atoms with Gasteiger partial charge in [0.2, 0.25) is 5.91 Å². The molecule has 0 aromatic carbocycles. The second kappa shape index (κ2) is 4.72. The molecule has 0 aromatic heterocycles. The van der Waals surface area contributed by atoms with Crippen molar-refractivity contribution in [2.24, 2.45) is 17.3 Å². The summed E-state index contributed by atoms with van der Waals surface area (Å²) < 4.78 is 0. The van der Waals surface area contributed by atoms with Crippen molar-refractivity contribution in [3.8, 4) is 0 Å². The van der Waals surface area contributed by atoms with Crippen LogP contribution in [0.1, 0.15) is 33.1 Å². The van der Waals surface area contributed by atoms with Crippen LogP contribution in [0, 0.1) is 17.3 Å². The summed E-state index contributed by atoms with van der Waals surface area (Å²) in [7, 11) is 0. The average Bonchev–Trinajstić information content (AvgIpc) is 2.92. The Balaban J connectivity index is 1.71. The van der Waals surface area contributed by atoms with Crippen LogP contribution in [-0.4, -0.2) is 25.6 Å². The first-order valence-corrected chi connectivity index (χ1v) is 6.26. The van der Waals surface area contributed by atoms with Crippen LogP contribution in [0.2, 0.25) is 0 Å². The molecule has 1 aliphatic heterocycles. The average molecular weight is 226 g/mol. The van der Waals surface area contributed by atoms with E-state index in [2.05, 4.69) is 24.6 Å². The molecule has 0 radical (unpaired) electrons. The summed E-state index contributed by atoms with van der Waals surface area (Å²) in [5, 5.41) is 3.33.